The lowest BCUT2D eigenvalue weighted by atomic mass is 10.1. The van der Waals surface area contributed by atoms with Crippen molar-refractivity contribution < 1.29 is 28.6 Å². The summed E-state index contributed by atoms with van der Waals surface area (Å²) in [5, 5.41) is 0. The summed E-state index contributed by atoms with van der Waals surface area (Å²) < 4.78 is 16.8. The smallest absolute Gasteiger partial charge is 0.306 e. The molecule has 0 saturated carbocycles. The maximum Gasteiger partial charge on any atom is 0.306 e. The van der Waals surface area contributed by atoms with E-state index in [2.05, 4.69) is 154 Å². The van der Waals surface area contributed by atoms with Crippen LogP contribution < -0.4 is 0 Å². The van der Waals surface area contributed by atoms with Crippen LogP contribution in [-0.4, -0.2) is 37.2 Å². The van der Waals surface area contributed by atoms with Crippen LogP contribution in [0.25, 0.3) is 0 Å². The first-order valence-corrected chi connectivity index (χ1v) is 27.7. The van der Waals surface area contributed by atoms with Crippen LogP contribution in [0.15, 0.2) is 134 Å². The molecule has 0 heterocycles. The Balaban J connectivity index is 4.48. The molecule has 1 atom stereocenters. The fourth-order valence-corrected chi connectivity index (χ4v) is 7.13. The molecule has 0 spiro atoms. The Morgan fingerprint density at radius 1 is 0.304 bits per heavy atom. The third-order valence-electron chi connectivity index (χ3n) is 11.2. The van der Waals surface area contributed by atoms with Crippen LogP contribution in [0.1, 0.15) is 226 Å². The maximum atomic E-state index is 12.9. The van der Waals surface area contributed by atoms with Gasteiger partial charge in [0.25, 0.3) is 0 Å². The molecule has 0 radical (unpaired) electrons. The zero-order valence-electron chi connectivity index (χ0n) is 44.3. The van der Waals surface area contributed by atoms with Crippen LogP contribution in [0.5, 0.6) is 0 Å². The van der Waals surface area contributed by atoms with E-state index in [9.17, 15) is 14.4 Å². The van der Waals surface area contributed by atoms with Gasteiger partial charge in [0.05, 0.1) is 0 Å². The number of unbranched alkanes of at least 4 members (excludes halogenated alkanes) is 17. The molecule has 0 fully saturated rings. The van der Waals surface area contributed by atoms with E-state index in [1.807, 2.05) is 0 Å². The Bertz CT molecular complexity index is 1510. The Morgan fingerprint density at radius 3 is 0.986 bits per heavy atom. The first-order chi connectivity index (χ1) is 34.0. The molecule has 0 aliphatic rings. The number of hydrogen-bond donors (Lipinski definition) is 0. The highest BCUT2D eigenvalue weighted by Crippen LogP contribution is 2.14. The predicted octanol–water partition coefficient (Wildman–Crippen LogP) is 18.6. The maximum absolute atomic E-state index is 12.9. The zero-order valence-corrected chi connectivity index (χ0v) is 44.3. The summed E-state index contributed by atoms with van der Waals surface area (Å²) in [6.45, 7) is 6.22. The number of esters is 3. The number of allylic oxidation sites excluding steroid dienone is 22. The van der Waals surface area contributed by atoms with Gasteiger partial charge in [-0.1, -0.05) is 225 Å². The van der Waals surface area contributed by atoms with Crippen molar-refractivity contribution in [3.05, 3.63) is 134 Å². The van der Waals surface area contributed by atoms with E-state index in [1.54, 1.807) is 0 Å². The van der Waals surface area contributed by atoms with Gasteiger partial charge in [0.15, 0.2) is 6.10 Å². The van der Waals surface area contributed by atoms with Gasteiger partial charge in [0.1, 0.15) is 13.2 Å². The molecule has 0 aromatic carbocycles. The number of carbonyl (C=O) groups is 3. The molecule has 0 aliphatic carbocycles. The van der Waals surface area contributed by atoms with Gasteiger partial charge >= 0.3 is 17.9 Å². The molecule has 69 heavy (non-hydrogen) atoms. The molecule has 0 rings (SSSR count). The lowest BCUT2D eigenvalue weighted by Crippen LogP contribution is -2.30. The average molecular weight is 953 g/mol. The quantitative estimate of drug-likeness (QED) is 0.0199. The molecule has 0 aromatic heterocycles. The second-order valence-corrected chi connectivity index (χ2v) is 17.8. The minimum atomic E-state index is -0.809. The van der Waals surface area contributed by atoms with E-state index in [0.29, 0.717) is 19.3 Å². The van der Waals surface area contributed by atoms with Crippen LogP contribution in [0.3, 0.4) is 0 Å². The fraction of sp³-hybridized carbons (Fsp3) is 0.603. The van der Waals surface area contributed by atoms with Crippen LogP contribution in [0.2, 0.25) is 0 Å². The second kappa shape index (κ2) is 56.1. The SMILES string of the molecule is CC/C=C/C=C/C=C/CCCCCCCC(=O)OCC(COC(=O)CCCCC/C=C/C/C=C/C/C=C/C/C=C/C/C=C/CC)OC(=O)CCCCCCCCCCC/C=C/C/C=C/C/C=C/CC. The van der Waals surface area contributed by atoms with Crippen molar-refractivity contribution in [2.75, 3.05) is 13.2 Å². The molecular weight excluding hydrogens is 853 g/mol. The highest BCUT2D eigenvalue weighted by molar-refractivity contribution is 5.71. The minimum Gasteiger partial charge on any atom is -0.462 e. The monoisotopic (exact) mass is 953 g/mol. The lowest BCUT2D eigenvalue weighted by molar-refractivity contribution is -0.167. The predicted molar refractivity (Wildman–Crippen MR) is 297 cm³/mol. The fourth-order valence-electron chi connectivity index (χ4n) is 7.13. The summed E-state index contributed by atoms with van der Waals surface area (Å²) in [6, 6.07) is 0. The Kier molecular flexibility index (Phi) is 52.5. The number of hydrogen-bond acceptors (Lipinski definition) is 6. The van der Waals surface area contributed by atoms with Gasteiger partial charge in [0.2, 0.25) is 0 Å². The van der Waals surface area contributed by atoms with E-state index in [4.69, 9.17) is 14.2 Å². The number of carbonyl (C=O) groups excluding carboxylic acids is 3. The van der Waals surface area contributed by atoms with Crippen molar-refractivity contribution in [1.82, 2.24) is 0 Å². The van der Waals surface area contributed by atoms with Crippen molar-refractivity contribution in [2.45, 2.75) is 232 Å². The van der Waals surface area contributed by atoms with Crippen LogP contribution in [0, 0.1) is 0 Å². The highest BCUT2D eigenvalue weighted by atomic mass is 16.6. The van der Waals surface area contributed by atoms with E-state index in [0.717, 1.165) is 148 Å². The van der Waals surface area contributed by atoms with Crippen LogP contribution in [-0.2, 0) is 28.6 Å². The largest absolute Gasteiger partial charge is 0.462 e. The molecule has 6 nitrogen and oxygen atoms in total. The van der Waals surface area contributed by atoms with Gasteiger partial charge in [-0.15, -0.1) is 0 Å². The molecular formula is C63H100O6. The zero-order chi connectivity index (χ0) is 50.0. The van der Waals surface area contributed by atoms with Gasteiger partial charge in [-0.2, -0.15) is 0 Å². The van der Waals surface area contributed by atoms with Gasteiger partial charge in [-0.25, -0.2) is 0 Å². The van der Waals surface area contributed by atoms with Gasteiger partial charge in [0, 0.05) is 19.3 Å². The summed E-state index contributed by atoms with van der Waals surface area (Å²) in [6.07, 6.45) is 78.7. The lowest BCUT2D eigenvalue weighted by Gasteiger charge is -2.18. The first-order valence-electron chi connectivity index (χ1n) is 27.7. The van der Waals surface area contributed by atoms with Crippen molar-refractivity contribution in [2.24, 2.45) is 0 Å². The van der Waals surface area contributed by atoms with E-state index in [1.165, 1.54) is 38.5 Å². The van der Waals surface area contributed by atoms with E-state index < -0.39 is 6.10 Å². The number of ether oxygens (including phenoxy) is 3. The minimum absolute atomic E-state index is 0.106. The average Bonchev–Trinajstić information content (AvgIpc) is 3.35. The number of rotatable bonds is 48. The molecule has 0 saturated heterocycles. The third kappa shape index (κ3) is 54.4. The van der Waals surface area contributed by atoms with Crippen molar-refractivity contribution in [3.63, 3.8) is 0 Å². The van der Waals surface area contributed by atoms with Crippen molar-refractivity contribution in [3.8, 4) is 0 Å². The Labute approximate surface area is 424 Å². The summed E-state index contributed by atoms with van der Waals surface area (Å²) in [5.41, 5.74) is 0. The normalized spacial score (nSPS) is 13.1. The Hall–Kier alpha value is -4.45. The summed E-state index contributed by atoms with van der Waals surface area (Å²) in [4.78, 5) is 38.1. The molecule has 0 aliphatic heterocycles. The summed E-state index contributed by atoms with van der Waals surface area (Å²) in [5.74, 6) is -0.969. The van der Waals surface area contributed by atoms with Crippen LogP contribution >= 0.6 is 0 Å². The highest BCUT2D eigenvalue weighted by Gasteiger charge is 2.19. The van der Waals surface area contributed by atoms with E-state index >= 15 is 0 Å². The topological polar surface area (TPSA) is 78.9 Å². The molecule has 1 unspecified atom stereocenters. The first kappa shape index (κ1) is 64.5. The molecule has 0 N–H and O–H groups in total. The molecule has 0 aromatic rings. The van der Waals surface area contributed by atoms with Gasteiger partial charge < -0.3 is 14.2 Å². The summed E-state index contributed by atoms with van der Waals surface area (Å²) in [7, 11) is 0. The van der Waals surface area contributed by atoms with E-state index in [-0.39, 0.29) is 31.1 Å². The molecule has 6 heteroatoms. The van der Waals surface area contributed by atoms with Crippen molar-refractivity contribution >= 4 is 17.9 Å². The second-order valence-electron chi connectivity index (χ2n) is 17.8. The molecule has 0 bridgehead atoms. The molecule has 0 amide bonds. The Morgan fingerprint density at radius 2 is 0.594 bits per heavy atom. The standard InChI is InChI=1S/C63H100O6/c1-4-7-10-13-16-19-22-25-27-29-31-33-35-38-41-44-47-50-53-56-62(65)68-59-60(58-67-61(64)55-52-49-46-43-40-37-24-21-18-15-12-9-6-3)69-63(66)57-54-51-48-45-42-39-36-34-32-30-28-26-23-20-17-14-11-8-5-2/h7-12,15-21,24-28,31,33,38,41,60H,4-6,13-14,22-23,29-30,32,34-37,39-40,42-59H2,1-3H3/b10-7+,11-8+,12-9+,18-15+,19-16+,20-17+,24-21+,27-25+,28-26+,33-31+,41-38+. The molecule has 388 valence electrons. The summed E-state index contributed by atoms with van der Waals surface area (Å²) >= 11 is 0. The van der Waals surface area contributed by atoms with Gasteiger partial charge in [-0.05, 0) is 116 Å². The van der Waals surface area contributed by atoms with Crippen molar-refractivity contribution in [1.29, 1.82) is 0 Å². The van der Waals surface area contributed by atoms with Gasteiger partial charge in [-0.3, -0.25) is 14.4 Å². The third-order valence-corrected chi connectivity index (χ3v) is 11.2. The van der Waals surface area contributed by atoms with Crippen LogP contribution in [0.4, 0.5) is 0 Å².